The van der Waals surface area contributed by atoms with Gasteiger partial charge in [-0.15, -0.1) is 0 Å². The van der Waals surface area contributed by atoms with E-state index < -0.39 is 10.0 Å². The van der Waals surface area contributed by atoms with Crippen LogP contribution >= 0.6 is 11.6 Å². The second-order valence-electron chi connectivity index (χ2n) is 10.0. The number of aromatic nitrogens is 1. The van der Waals surface area contributed by atoms with Crippen molar-refractivity contribution in [3.05, 3.63) is 89.1 Å². The van der Waals surface area contributed by atoms with E-state index in [0.717, 1.165) is 22.9 Å². The number of nitrogens with zero attached hydrogens (tertiary/aromatic N) is 3. The Hall–Kier alpha value is -3.63. The van der Waals surface area contributed by atoms with Crippen LogP contribution in [-0.2, 0) is 26.1 Å². The Morgan fingerprint density at radius 1 is 1.02 bits per heavy atom. The molecule has 4 aromatic rings. The molecular formula is C31H30ClN3O5S. The molecule has 41 heavy (non-hydrogen) atoms. The number of aryl methyl sites for hydroxylation is 1. The second-order valence-corrected chi connectivity index (χ2v) is 12.4. The van der Waals surface area contributed by atoms with E-state index in [4.69, 9.17) is 21.1 Å². The zero-order valence-corrected chi connectivity index (χ0v) is 24.2. The van der Waals surface area contributed by atoms with Crippen molar-refractivity contribution in [2.24, 2.45) is 0 Å². The molecule has 1 fully saturated rings. The Morgan fingerprint density at radius 3 is 2.59 bits per heavy atom. The summed E-state index contributed by atoms with van der Waals surface area (Å²) >= 11 is 6.21. The standard InChI is InChI=1S/C31H30ClN3O5S/c1-33-28-12-11-23(41(37,38)35-14-17-39-18-15-35)20-25(28)26(31(33)36)19-22-21-34(29-9-4-2-7-24(22)29)13-6-16-40-30-10-5-3-8-27(30)32/h2-5,7-12,19-21H,6,13-18H2,1H3/b26-19-. The highest BCUT2D eigenvalue weighted by Gasteiger charge is 2.33. The lowest BCUT2D eigenvalue weighted by Crippen LogP contribution is -2.40. The number of hydrogen-bond donors (Lipinski definition) is 0. The molecule has 3 aromatic carbocycles. The van der Waals surface area contributed by atoms with Crippen molar-refractivity contribution in [2.75, 3.05) is 44.9 Å². The lowest BCUT2D eigenvalue weighted by Gasteiger charge is -2.26. The number of carbonyl (C=O) groups excluding carboxylic acids is 1. The maximum absolute atomic E-state index is 13.4. The average molecular weight is 592 g/mol. The van der Waals surface area contributed by atoms with Crippen LogP contribution in [0.3, 0.4) is 0 Å². The number of hydrogen-bond acceptors (Lipinski definition) is 5. The number of sulfonamides is 1. The van der Waals surface area contributed by atoms with Crippen LogP contribution in [0.15, 0.2) is 77.8 Å². The molecule has 0 bridgehead atoms. The van der Waals surface area contributed by atoms with Crippen LogP contribution in [0.1, 0.15) is 17.5 Å². The number of carbonyl (C=O) groups is 1. The fourth-order valence-corrected chi connectivity index (χ4v) is 7.00. The number of ether oxygens (including phenoxy) is 2. The van der Waals surface area contributed by atoms with Gasteiger partial charge in [-0.05, 0) is 48.9 Å². The van der Waals surface area contributed by atoms with Gasteiger partial charge in [0, 0.05) is 60.5 Å². The number of likely N-dealkylation sites (N-methyl/N-ethyl adjacent to an activating group) is 1. The molecule has 0 atom stereocenters. The molecule has 10 heteroatoms. The predicted octanol–water partition coefficient (Wildman–Crippen LogP) is 5.30. The van der Waals surface area contributed by atoms with Crippen LogP contribution in [0.25, 0.3) is 22.6 Å². The molecule has 1 saturated heterocycles. The Labute approximate surface area is 244 Å². The van der Waals surface area contributed by atoms with Crippen molar-refractivity contribution in [1.82, 2.24) is 8.87 Å². The number of fused-ring (bicyclic) bond motifs is 2. The van der Waals surface area contributed by atoms with E-state index in [-0.39, 0.29) is 10.8 Å². The Balaban J connectivity index is 1.30. The molecule has 6 rings (SSSR count). The van der Waals surface area contributed by atoms with Gasteiger partial charge < -0.3 is 18.9 Å². The number of halogens is 1. The van der Waals surface area contributed by atoms with Crippen LogP contribution < -0.4 is 9.64 Å². The quantitative estimate of drug-likeness (QED) is 0.205. The lowest BCUT2D eigenvalue weighted by molar-refractivity contribution is -0.112. The van der Waals surface area contributed by atoms with E-state index in [2.05, 4.69) is 10.6 Å². The van der Waals surface area contributed by atoms with E-state index in [0.29, 0.717) is 67.1 Å². The molecule has 0 saturated carbocycles. The number of morpholine rings is 1. The molecule has 8 nitrogen and oxygen atoms in total. The third kappa shape index (κ3) is 5.26. The third-order valence-corrected chi connectivity index (χ3v) is 9.73. The highest BCUT2D eigenvalue weighted by molar-refractivity contribution is 7.89. The summed E-state index contributed by atoms with van der Waals surface area (Å²) in [5, 5.41) is 1.59. The van der Waals surface area contributed by atoms with Gasteiger partial charge in [0.05, 0.1) is 35.4 Å². The maximum atomic E-state index is 13.4. The molecule has 0 unspecified atom stereocenters. The molecule has 0 spiro atoms. The van der Waals surface area contributed by atoms with Gasteiger partial charge in [0.25, 0.3) is 5.91 Å². The average Bonchev–Trinajstić information content (AvgIpc) is 3.46. The van der Waals surface area contributed by atoms with E-state index in [1.54, 1.807) is 36.2 Å². The number of amides is 1. The molecule has 3 heterocycles. The van der Waals surface area contributed by atoms with Crippen LogP contribution in [0, 0.1) is 0 Å². The van der Waals surface area contributed by atoms with Crippen molar-refractivity contribution in [3.63, 3.8) is 0 Å². The first kappa shape index (κ1) is 27.5. The SMILES string of the molecule is CN1C(=O)/C(=C\c2cn(CCCOc3ccccc3Cl)c3ccccc23)c2cc(S(=O)(=O)N3CCOCC3)ccc21. The number of anilines is 1. The molecule has 0 aliphatic carbocycles. The van der Waals surface area contributed by atoms with E-state index in [1.165, 1.54) is 4.31 Å². The minimum atomic E-state index is -3.71. The minimum Gasteiger partial charge on any atom is -0.492 e. The van der Waals surface area contributed by atoms with Gasteiger partial charge in [0.1, 0.15) is 5.75 Å². The van der Waals surface area contributed by atoms with E-state index >= 15 is 0 Å². The fourth-order valence-electron chi connectivity index (χ4n) is 5.37. The van der Waals surface area contributed by atoms with Crippen LogP contribution in [-0.4, -0.2) is 63.2 Å². The first-order chi connectivity index (χ1) is 19.8. The first-order valence-electron chi connectivity index (χ1n) is 13.5. The van der Waals surface area contributed by atoms with E-state index in [9.17, 15) is 13.2 Å². The normalized spacial score (nSPS) is 17.0. The number of benzene rings is 3. The largest absolute Gasteiger partial charge is 0.492 e. The molecule has 2 aliphatic heterocycles. The summed E-state index contributed by atoms with van der Waals surface area (Å²) < 4.78 is 41.5. The van der Waals surface area contributed by atoms with Crippen LogP contribution in [0.4, 0.5) is 5.69 Å². The van der Waals surface area contributed by atoms with Crippen LogP contribution in [0.2, 0.25) is 5.02 Å². The minimum absolute atomic E-state index is 0.174. The summed E-state index contributed by atoms with van der Waals surface area (Å²) in [6.45, 7) is 2.57. The van der Waals surface area contributed by atoms with Crippen molar-refractivity contribution in [2.45, 2.75) is 17.9 Å². The van der Waals surface area contributed by atoms with Gasteiger partial charge in [-0.2, -0.15) is 4.31 Å². The highest BCUT2D eigenvalue weighted by atomic mass is 35.5. The van der Waals surface area contributed by atoms with Gasteiger partial charge in [0.2, 0.25) is 10.0 Å². The van der Waals surface area contributed by atoms with Crippen molar-refractivity contribution in [1.29, 1.82) is 0 Å². The Morgan fingerprint density at radius 2 is 1.78 bits per heavy atom. The highest BCUT2D eigenvalue weighted by Crippen LogP contribution is 2.39. The van der Waals surface area contributed by atoms with Gasteiger partial charge >= 0.3 is 0 Å². The molecule has 0 N–H and O–H groups in total. The topological polar surface area (TPSA) is 81.1 Å². The van der Waals surface area contributed by atoms with Gasteiger partial charge in [-0.3, -0.25) is 4.79 Å². The summed E-state index contributed by atoms with van der Waals surface area (Å²) in [5.41, 5.74) is 3.68. The lowest BCUT2D eigenvalue weighted by atomic mass is 10.0. The van der Waals surface area contributed by atoms with Crippen LogP contribution in [0.5, 0.6) is 5.75 Å². The smallest absolute Gasteiger partial charge is 0.258 e. The molecule has 1 amide bonds. The molecule has 0 radical (unpaired) electrons. The molecule has 2 aliphatic rings. The Bertz CT molecular complexity index is 1760. The van der Waals surface area contributed by atoms with Gasteiger partial charge in [-0.25, -0.2) is 8.42 Å². The van der Waals surface area contributed by atoms with Gasteiger partial charge in [-0.1, -0.05) is 41.9 Å². The van der Waals surface area contributed by atoms with E-state index in [1.807, 2.05) is 48.7 Å². The molecule has 212 valence electrons. The first-order valence-corrected chi connectivity index (χ1v) is 15.3. The van der Waals surface area contributed by atoms with Crippen molar-refractivity contribution in [3.8, 4) is 5.75 Å². The van der Waals surface area contributed by atoms with Gasteiger partial charge in [0.15, 0.2) is 0 Å². The summed E-state index contributed by atoms with van der Waals surface area (Å²) in [5.74, 6) is 0.486. The molecular weight excluding hydrogens is 562 g/mol. The Kier molecular flexibility index (Phi) is 7.61. The summed E-state index contributed by atoms with van der Waals surface area (Å²) in [6.07, 6.45) is 4.66. The summed E-state index contributed by atoms with van der Waals surface area (Å²) in [7, 11) is -2.00. The maximum Gasteiger partial charge on any atom is 0.258 e. The number of para-hydroxylation sites is 2. The molecule has 1 aromatic heterocycles. The number of rotatable bonds is 8. The predicted molar refractivity (Wildman–Crippen MR) is 161 cm³/mol. The summed E-state index contributed by atoms with van der Waals surface area (Å²) in [4.78, 5) is 15.1. The van der Waals surface area contributed by atoms with Crippen molar-refractivity contribution >= 4 is 55.8 Å². The monoisotopic (exact) mass is 591 g/mol. The van der Waals surface area contributed by atoms with Crippen molar-refractivity contribution < 1.29 is 22.7 Å². The zero-order chi connectivity index (χ0) is 28.6. The third-order valence-electron chi connectivity index (χ3n) is 7.52. The fraction of sp³-hybridized carbons (Fsp3) is 0.258. The second kappa shape index (κ2) is 11.3. The summed E-state index contributed by atoms with van der Waals surface area (Å²) in [6, 6.07) is 20.4. The zero-order valence-electron chi connectivity index (χ0n) is 22.6.